The molecule has 1 heterocycles. The number of hydrogen-bond acceptors (Lipinski definition) is 5. The first-order valence-electron chi connectivity index (χ1n) is 14.7. The van der Waals surface area contributed by atoms with E-state index in [0.29, 0.717) is 17.0 Å². The average Bonchev–Trinajstić information content (AvgIpc) is 3.11. The number of alkyl halides is 9. The van der Waals surface area contributed by atoms with E-state index in [1.165, 1.54) is 54.6 Å². The maximum atomic E-state index is 14.7. The van der Waals surface area contributed by atoms with Gasteiger partial charge in [-0.1, -0.05) is 115 Å². The molecule has 6 rings (SSSR count). The van der Waals surface area contributed by atoms with Crippen LogP contribution in [-0.2, 0) is 10.1 Å². The summed E-state index contributed by atoms with van der Waals surface area (Å²) in [5.41, 5.74) is 2.92. The summed E-state index contributed by atoms with van der Waals surface area (Å²) < 4.78 is 153. The van der Waals surface area contributed by atoms with Crippen molar-refractivity contribution in [3.8, 4) is 50.8 Å². The fourth-order valence-corrected chi connectivity index (χ4v) is 6.07. The molecule has 0 atom stereocenters. The standard InChI is InChI=1S/C36H21F9N2O3S/c37-33(38,35(41,42)43)34(39,40)36(44,45)51(48,49)50-31-27-14-8-7-9-22(27)19-20-28(31)23-15-17-26(18-16-23)32-46-29(24-10-3-1-4-11-24)21-30(47-32)25-12-5-2-6-13-25/h1-21H. The minimum atomic E-state index is -7.46. The molecule has 0 amide bonds. The summed E-state index contributed by atoms with van der Waals surface area (Å²) in [7, 11) is -7.23. The molecule has 0 saturated carbocycles. The van der Waals surface area contributed by atoms with Crippen LogP contribution in [0.25, 0.3) is 55.8 Å². The molecule has 0 unspecified atom stereocenters. The molecule has 0 radical (unpaired) electrons. The van der Waals surface area contributed by atoms with Gasteiger partial charge < -0.3 is 4.18 Å². The Hall–Kier alpha value is -5.44. The lowest BCUT2D eigenvalue weighted by Crippen LogP contribution is -2.63. The van der Waals surface area contributed by atoms with Crippen molar-refractivity contribution in [3.63, 3.8) is 0 Å². The maximum absolute atomic E-state index is 14.7. The Labute approximate surface area is 284 Å². The molecular formula is C36H21F9N2O3S. The molecule has 0 aliphatic heterocycles. The van der Waals surface area contributed by atoms with E-state index in [0.717, 1.165) is 17.2 Å². The Morgan fingerprint density at radius 1 is 0.510 bits per heavy atom. The van der Waals surface area contributed by atoms with Crippen LogP contribution in [-0.4, -0.2) is 41.7 Å². The second-order valence-corrected chi connectivity index (χ2v) is 12.7. The van der Waals surface area contributed by atoms with E-state index in [1.54, 1.807) is 6.07 Å². The van der Waals surface area contributed by atoms with Gasteiger partial charge in [0.2, 0.25) is 0 Å². The first-order valence-corrected chi connectivity index (χ1v) is 16.1. The van der Waals surface area contributed by atoms with Gasteiger partial charge in [-0.05, 0) is 23.1 Å². The number of nitrogens with zero attached hydrogens (tertiary/aromatic N) is 2. The Morgan fingerprint density at radius 3 is 1.53 bits per heavy atom. The minimum absolute atomic E-state index is 0.0629. The van der Waals surface area contributed by atoms with Crippen LogP contribution in [0.5, 0.6) is 5.75 Å². The number of halogens is 9. The summed E-state index contributed by atoms with van der Waals surface area (Å²) in [5.74, 6) is -15.7. The van der Waals surface area contributed by atoms with Crippen molar-refractivity contribution in [3.05, 3.63) is 127 Å². The Bertz CT molecular complexity index is 2260. The van der Waals surface area contributed by atoms with Crippen LogP contribution in [0.3, 0.4) is 0 Å². The largest absolute Gasteiger partial charge is 0.460 e. The number of benzene rings is 5. The van der Waals surface area contributed by atoms with Crippen molar-refractivity contribution in [2.24, 2.45) is 0 Å². The Morgan fingerprint density at radius 2 is 1.00 bits per heavy atom. The van der Waals surface area contributed by atoms with E-state index in [4.69, 9.17) is 0 Å². The van der Waals surface area contributed by atoms with Gasteiger partial charge in [0.1, 0.15) is 0 Å². The molecule has 0 saturated heterocycles. The Balaban J connectivity index is 1.44. The van der Waals surface area contributed by atoms with Crippen molar-refractivity contribution in [1.82, 2.24) is 9.97 Å². The molecule has 6 aromatic rings. The predicted molar refractivity (Wildman–Crippen MR) is 172 cm³/mol. The van der Waals surface area contributed by atoms with Crippen molar-refractivity contribution >= 4 is 20.9 Å². The van der Waals surface area contributed by atoms with Gasteiger partial charge in [0.25, 0.3) is 0 Å². The van der Waals surface area contributed by atoms with Crippen LogP contribution in [0, 0.1) is 0 Å². The van der Waals surface area contributed by atoms with E-state index >= 15 is 0 Å². The summed E-state index contributed by atoms with van der Waals surface area (Å²) in [6, 6.07) is 33.8. The van der Waals surface area contributed by atoms with E-state index < -0.39 is 39.1 Å². The van der Waals surface area contributed by atoms with Crippen molar-refractivity contribution in [1.29, 1.82) is 0 Å². The molecule has 5 aromatic carbocycles. The van der Waals surface area contributed by atoms with E-state index in [2.05, 4.69) is 14.2 Å². The SMILES string of the molecule is O=S(=O)(Oc1c(-c2ccc(-c3nc(-c4ccccc4)cc(-c4ccccc4)n3)cc2)ccc2ccccc12)C(F)(F)C(F)(F)C(F)(F)C(F)(F)F. The predicted octanol–water partition coefficient (Wildman–Crippen LogP) is 10.4. The molecule has 0 spiro atoms. The minimum Gasteiger partial charge on any atom is -0.377 e. The normalized spacial score (nSPS) is 13.0. The van der Waals surface area contributed by atoms with Crippen LogP contribution in [0.15, 0.2) is 127 Å². The van der Waals surface area contributed by atoms with Gasteiger partial charge in [-0.25, -0.2) is 9.97 Å². The third kappa shape index (κ3) is 6.26. The van der Waals surface area contributed by atoms with Crippen molar-refractivity contribution < 1.29 is 52.1 Å². The van der Waals surface area contributed by atoms with Gasteiger partial charge in [0.05, 0.1) is 11.4 Å². The van der Waals surface area contributed by atoms with Gasteiger partial charge in [-0.3, -0.25) is 0 Å². The average molecular weight is 733 g/mol. The van der Waals surface area contributed by atoms with Crippen molar-refractivity contribution in [2.45, 2.75) is 23.3 Å². The van der Waals surface area contributed by atoms with E-state index in [1.807, 2.05) is 60.7 Å². The lowest BCUT2D eigenvalue weighted by atomic mass is 9.98. The van der Waals surface area contributed by atoms with Gasteiger partial charge >= 0.3 is 33.4 Å². The van der Waals surface area contributed by atoms with Crippen LogP contribution < -0.4 is 4.18 Å². The number of hydrogen-bond donors (Lipinski definition) is 0. The van der Waals surface area contributed by atoms with Gasteiger partial charge in [0, 0.05) is 27.6 Å². The summed E-state index contributed by atoms with van der Waals surface area (Å²) >= 11 is 0. The summed E-state index contributed by atoms with van der Waals surface area (Å²) in [6.45, 7) is 0. The number of fused-ring (bicyclic) bond motifs is 1. The van der Waals surface area contributed by atoms with E-state index in [9.17, 15) is 47.9 Å². The summed E-state index contributed by atoms with van der Waals surface area (Å²) in [5, 5.41) is -7.16. The second-order valence-electron chi connectivity index (χ2n) is 11.1. The van der Waals surface area contributed by atoms with Crippen LogP contribution in [0.2, 0.25) is 0 Å². The van der Waals surface area contributed by atoms with Gasteiger partial charge in [0.15, 0.2) is 11.6 Å². The van der Waals surface area contributed by atoms with Gasteiger partial charge in [-0.15, -0.1) is 0 Å². The first-order chi connectivity index (χ1) is 23.9. The lowest BCUT2D eigenvalue weighted by molar-refractivity contribution is -0.382. The molecular weight excluding hydrogens is 711 g/mol. The lowest BCUT2D eigenvalue weighted by Gasteiger charge is -2.32. The summed E-state index contributed by atoms with van der Waals surface area (Å²) in [4.78, 5) is 9.37. The maximum Gasteiger partial charge on any atom is 0.460 e. The highest BCUT2D eigenvalue weighted by atomic mass is 32.2. The number of aromatic nitrogens is 2. The topological polar surface area (TPSA) is 69.2 Å². The quantitative estimate of drug-likeness (QED) is 0.109. The van der Waals surface area contributed by atoms with E-state index in [-0.39, 0.29) is 27.7 Å². The van der Waals surface area contributed by atoms with Gasteiger partial charge in [-0.2, -0.15) is 47.9 Å². The zero-order valence-corrected chi connectivity index (χ0v) is 26.4. The molecule has 0 N–H and O–H groups in total. The molecule has 262 valence electrons. The molecule has 0 aliphatic carbocycles. The third-order valence-corrected chi connectivity index (χ3v) is 9.09. The zero-order chi connectivity index (χ0) is 36.8. The smallest absolute Gasteiger partial charge is 0.377 e. The highest BCUT2D eigenvalue weighted by molar-refractivity contribution is 7.88. The zero-order valence-electron chi connectivity index (χ0n) is 25.6. The van der Waals surface area contributed by atoms with Crippen LogP contribution in [0.4, 0.5) is 39.5 Å². The molecule has 1 aromatic heterocycles. The Kier molecular flexibility index (Phi) is 8.82. The highest BCUT2D eigenvalue weighted by Gasteiger charge is 2.86. The fourth-order valence-electron chi connectivity index (χ4n) is 5.13. The first kappa shape index (κ1) is 35.4. The molecule has 51 heavy (non-hydrogen) atoms. The fraction of sp³-hybridized carbons (Fsp3) is 0.111. The molecule has 0 aliphatic rings. The molecule has 5 nitrogen and oxygen atoms in total. The second kappa shape index (κ2) is 12.7. The van der Waals surface area contributed by atoms with Crippen LogP contribution >= 0.6 is 0 Å². The summed E-state index contributed by atoms with van der Waals surface area (Å²) in [6.07, 6.45) is -7.23. The monoisotopic (exact) mass is 732 g/mol. The molecule has 0 bridgehead atoms. The number of rotatable bonds is 9. The molecule has 15 heteroatoms. The highest BCUT2D eigenvalue weighted by Crippen LogP contribution is 2.55. The van der Waals surface area contributed by atoms with Crippen LogP contribution in [0.1, 0.15) is 0 Å². The third-order valence-electron chi connectivity index (χ3n) is 7.82. The van der Waals surface area contributed by atoms with Crippen molar-refractivity contribution in [2.75, 3.05) is 0 Å². The molecule has 0 fully saturated rings.